The summed E-state index contributed by atoms with van der Waals surface area (Å²) >= 11 is 1.73. The first kappa shape index (κ1) is 16.9. The Morgan fingerprint density at radius 3 is 2.78 bits per heavy atom. The molecule has 0 radical (unpaired) electrons. The monoisotopic (exact) mass is 381 g/mol. The maximum Gasteiger partial charge on any atom is 0.276 e. The van der Waals surface area contributed by atoms with E-state index in [0.29, 0.717) is 30.6 Å². The van der Waals surface area contributed by atoms with Gasteiger partial charge in [-0.15, -0.1) is 16.4 Å². The predicted octanol–water partition coefficient (Wildman–Crippen LogP) is 3.63. The second-order valence-corrected chi connectivity index (χ2v) is 8.85. The van der Waals surface area contributed by atoms with Crippen LogP contribution >= 0.6 is 11.3 Å². The third-order valence-electron chi connectivity index (χ3n) is 5.92. The van der Waals surface area contributed by atoms with Gasteiger partial charge in [0.25, 0.3) is 5.91 Å². The van der Waals surface area contributed by atoms with E-state index in [1.54, 1.807) is 11.3 Å². The average molecular weight is 382 g/mol. The number of amides is 1. The van der Waals surface area contributed by atoms with Gasteiger partial charge in [0.2, 0.25) is 0 Å². The number of carbonyl (C=O) groups is 1. The van der Waals surface area contributed by atoms with Crippen LogP contribution in [0.2, 0.25) is 0 Å². The van der Waals surface area contributed by atoms with E-state index in [0.717, 1.165) is 22.8 Å². The van der Waals surface area contributed by atoms with Crippen molar-refractivity contribution in [1.29, 1.82) is 0 Å². The molecule has 1 aliphatic heterocycles. The Hall–Kier alpha value is -2.28. The third-order valence-corrected chi connectivity index (χ3v) is 7.12. The van der Waals surface area contributed by atoms with E-state index >= 15 is 0 Å². The standard InChI is InChI=1S/C20H23N5OS/c1-13-18(22-23-25(13)10-14-6-2-3-7-14)20(26)24-11-15(12-24)19-21-16-8-4-5-9-17(16)27-19/h4-5,8-9,14-15H,2-3,6-7,10-12H2,1H3. The van der Waals surface area contributed by atoms with Crippen molar-refractivity contribution in [3.63, 3.8) is 0 Å². The minimum Gasteiger partial charge on any atom is -0.336 e. The molecule has 140 valence electrons. The topological polar surface area (TPSA) is 63.9 Å². The van der Waals surface area contributed by atoms with Crippen molar-refractivity contribution >= 4 is 27.5 Å². The summed E-state index contributed by atoms with van der Waals surface area (Å²) in [6, 6.07) is 8.20. The van der Waals surface area contributed by atoms with Crippen molar-refractivity contribution in [3.8, 4) is 0 Å². The quantitative estimate of drug-likeness (QED) is 0.692. The summed E-state index contributed by atoms with van der Waals surface area (Å²) in [5, 5.41) is 9.58. The van der Waals surface area contributed by atoms with E-state index in [1.165, 1.54) is 30.4 Å². The van der Waals surface area contributed by atoms with Crippen molar-refractivity contribution in [2.24, 2.45) is 5.92 Å². The highest BCUT2D eigenvalue weighted by molar-refractivity contribution is 7.18. The van der Waals surface area contributed by atoms with E-state index in [1.807, 2.05) is 34.7 Å². The zero-order valence-electron chi connectivity index (χ0n) is 15.5. The number of thiazole rings is 1. The molecule has 0 unspecified atom stereocenters. The Balaban J connectivity index is 1.25. The molecule has 2 aliphatic rings. The SMILES string of the molecule is Cc1c(C(=O)N2CC(c3nc4ccccc4s3)C2)nnn1CC1CCCC1. The summed E-state index contributed by atoms with van der Waals surface area (Å²) < 4.78 is 3.14. The fourth-order valence-corrected chi connectivity index (χ4v) is 5.23. The number of aromatic nitrogens is 4. The summed E-state index contributed by atoms with van der Waals surface area (Å²) in [4.78, 5) is 19.4. The molecular formula is C20H23N5OS. The van der Waals surface area contributed by atoms with Crippen LogP contribution in [0.25, 0.3) is 10.2 Å². The van der Waals surface area contributed by atoms with Crippen molar-refractivity contribution in [2.45, 2.75) is 45.1 Å². The molecule has 1 saturated heterocycles. The molecule has 0 spiro atoms. The van der Waals surface area contributed by atoms with Crippen LogP contribution in [-0.2, 0) is 6.54 Å². The van der Waals surface area contributed by atoms with E-state index < -0.39 is 0 Å². The van der Waals surface area contributed by atoms with Gasteiger partial charge in [0.05, 0.1) is 15.9 Å². The van der Waals surface area contributed by atoms with Gasteiger partial charge in [-0.05, 0) is 37.8 Å². The van der Waals surface area contributed by atoms with Gasteiger partial charge in [-0.1, -0.05) is 30.2 Å². The molecule has 0 N–H and O–H groups in total. The largest absolute Gasteiger partial charge is 0.336 e. The highest BCUT2D eigenvalue weighted by Gasteiger charge is 2.36. The maximum absolute atomic E-state index is 12.8. The molecule has 5 rings (SSSR count). The molecule has 0 atom stereocenters. The zero-order valence-corrected chi connectivity index (χ0v) is 16.3. The Kier molecular flexibility index (Phi) is 4.19. The number of carbonyl (C=O) groups excluding carboxylic acids is 1. The predicted molar refractivity (Wildman–Crippen MR) is 105 cm³/mol. The molecule has 6 nitrogen and oxygen atoms in total. The lowest BCUT2D eigenvalue weighted by atomic mass is 10.0. The van der Waals surface area contributed by atoms with Gasteiger partial charge in [-0.25, -0.2) is 9.67 Å². The van der Waals surface area contributed by atoms with Crippen LogP contribution in [0.15, 0.2) is 24.3 Å². The maximum atomic E-state index is 12.8. The summed E-state index contributed by atoms with van der Waals surface area (Å²) in [5.74, 6) is 1.02. The molecule has 2 fully saturated rings. The van der Waals surface area contributed by atoms with Crippen LogP contribution in [0.5, 0.6) is 0 Å². The molecule has 3 aromatic rings. The van der Waals surface area contributed by atoms with E-state index in [4.69, 9.17) is 4.98 Å². The Labute approximate surface area is 162 Å². The number of rotatable bonds is 4. The van der Waals surface area contributed by atoms with Gasteiger partial charge in [0, 0.05) is 25.6 Å². The van der Waals surface area contributed by atoms with E-state index in [-0.39, 0.29) is 5.91 Å². The van der Waals surface area contributed by atoms with Gasteiger partial charge in [-0.3, -0.25) is 4.79 Å². The number of hydrogen-bond acceptors (Lipinski definition) is 5. The fourth-order valence-electron chi connectivity index (χ4n) is 4.18. The Morgan fingerprint density at radius 2 is 2.00 bits per heavy atom. The minimum absolute atomic E-state index is 0.00235. The number of hydrogen-bond donors (Lipinski definition) is 0. The third kappa shape index (κ3) is 3.04. The molecular weight excluding hydrogens is 358 g/mol. The van der Waals surface area contributed by atoms with Crippen molar-refractivity contribution in [2.75, 3.05) is 13.1 Å². The zero-order chi connectivity index (χ0) is 18.4. The fraction of sp³-hybridized carbons (Fsp3) is 0.500. The van der Waals surface area contributed by atoms with Crippen LogP contribution < -0.4 is 0 Å². The van der Waals surface area contributed by atoms with Crippen molar-refractivity contribution in [3.05, 3.63) is 40.7 Å². The summed E-state index contributed by atoms with van der Waals surface area (Å²) in [5.41, 5.74) is 2.46. The first-order valence-electron chi connectivity index (χ1n) is 9.74. The molecule has 1 aromatic carbocycles. The van der Waals surface area contributed by atoms with Crippen molar-refractivity contribution < 1.29 is 4.79 Å². The van der Waals surface area contributed by atoms with Crippen LogP contribution in [0.4, 0.5) is 0 Å². The molecule has 27 heavy (non-hydrogen) atoms. The van der Waals surface area contributed by atoms with Gasteiger partial charge >= 0.3 is 0 Å². The molecule has 2 aromatic heterocycles. The molecule has 0 bridgehead atoms. The Morgan fingerprint density at radius 1 is 1.22 bits per heavy atom. The number of nitrogens with zero attached hydrogens (tertiary/aromatic N) is 5. The lowest BCUT2D eigenvalue weighted by molar-refractivity contribution is 0.0595. The summed E-state index contributed by atoms with van der Waals surface area (Å²) in [7, 11) is 0. The van der Waals surface area contributed by atoms with Crippen LogP contribution in [-0.4, -0.2) is 43.9 Å². The minimum atomic E-state index is 0.00235. The first-order valence-corrected chi connectivity index (χ1v) is 10.6. The highest BCUT2D eigenvalue weighted by Crippen LogP contribution is 2.34. The van der Waals surface area contributed by atoms with E-state index in [9.17, 15) is 4.79 Å². The number of para-hydroxylation sites is 1. The first-order chi connectivity index (χ1) is 13.2. The number of benzene rings is 1. The summed E-state index contributed by atoms with van der Waals surface area (Å²) in [6.45, 7) is 4.29. The molecule has 7 heteroatoms. The lowest BCUT2D eigenvalue weighted by Gasteiger charge is -2.37. The molecule has 1 amide bonds. The molecule has 1 aliphatic carbocycles. The second kappa shape index (κ2) is 6.71. The van der Waals surface area contributed by atoms with Crippen LogP contribution in [0, 0.1) is 12.8 Å². The van der Waals surface area contributed by atoms with E-state index in [2.05, 4.69) is 16.4 Å². The van der Waals surface area contributed by atoms with Gasteiger partial charge in [0.1, 0.15) is 5.01 Å². The van der Waals surface area contributed by atoms with Crippen LogP contribution in [0.3, 0.4) is 0 Å². The Bertz CT molecular complexity index is 948. The number of likely N-dealkylation sites (tertiary alicyclic amines) is 1. The highest BCUT2D eigenvalue weighted by atomic mass is 32.1. The molecule has 3 heterocycles. The average Bonchev–Trinajstić information content (AvgIpc) is 3.35. The lowest BCUT2D eigenvalue weighted by Crippen LogP contribution is -2.48. The second-order valence-electron chi connectivity index (χ2n) is 7.78. The number of fused-ring (bicyclic) bond motifs is 1. The van der Waals surface area contributed by atoms with Crippen molar-refractivity contribution in [1.82, 2.24) is 24.9 Å². The smallest absolute Gasteiger partial charge is 0.276 e. The van der Waals surface area contributed by atoms with Gasteiger partial charge in [-0.2, -0.15) is 0 Å². The van der Waals surface area contributed by atoms with Gasteiger partial charge in [0.15, 0.2) is 5.69 Å². The molecule has 1 saturated carbocycles. The van der Waals surface area contributed by atoms with Gasteiger partial charge < -0.3 is 4.90 Å². The van der Waals surface area contributed by atoms with Crippen LogP contribution in [0.1, 0.15) is 52.8 Å². The normalized spacial score (nSPS) is 18.3. The summed E-state index contributed by atoms with van der Waals surface area (Å²) in [6.07, 6.45) is 5.15.